The van der Waals surface area contributed by atoms with E-state index in [0.29, 0.717) is 12.0 Å². The van der Waals surface area contributed by atoms with Crippen molar-refractivity contribution in [2.24, 2.45) is 0 Å². The summed E-state index contributed by atoms with van der Waals surface area (Å²) in [6.07, 6.45) is 3.28. The highest BCUT2D eigenvalue weighted by Gasteiger charge is 2.22. The van der Waals surface area contributed by atoms with Gasteiger partial charge in [0.2, 0.25) is 0 Å². The number of hydrogen-bond donors (Lipinski definition) is 1. The molecule has 0 spiro atoms. The van der Waals surface area contributed by atoms with Crippen molar-refractivity contribution < 1.29 is 4.21 Å². The summed E-state index contributed by atoms with van der Waals surface area (Å²) in [7, 11) is -0.820. The second-order valence-electron chi connectivity index (χ2n) is 5.65. The quantitative estimate of drug-likeness (QED) is 0.909. The molecule has 1 aliphatic heterocycles. The first-order valence-electron chi connectivity index (χ1n) is 7.39. The fraction of sp³-hybridized carbons (Fsp3) is 0.625. The number of benzene rings is 1. The largest absolute Gasteiger partial charge is 0.310 e. The molecule has 106 valence electrons. The van der Waals surface area contributed by atoms with Gasteiger partial charge in [-0.05, 0) is 48.9 Å². The SMILES string of the molecule is CCCNC1CCCS(=O)c2ccc(C(C)C)cc21. The average molecular weight is 279 g/mol. The zero-order valence-electron chi connectivity index (χ0n) is 12.2. The zero-order valence-corrected chi connectivity index (χ0v) is 13.1. The van der Waals surface area contributed by atoms with E-state index in [1.54, 1.807) is 0 Å². The number of fused-ring (bicyclic) bond motifs is 1. The van der Waals surface area contributed by atoms with Crippen molar-refractivity contribution in [3.05, 3.63) is 29.3 Å². The number of hydrogen-bond acceptors (Lipinski definition) is 2. The third kappa shape index (κ3) is 3.46. The van der Waals surface area contributed by atoms with E-state index in [1.165, 1.54) is 11.1 Å². The van der Waals surface area contributed by atoms with Gasteiger partial charge in [0.15, 0.2) is 0 Å². The predicted molar refractivity (Wildman–Crippen MR) is 82.1 cm³/mol. The van der Waals surface area contributed by atoms with Crippen molar-refractivity contribution in [2.75, 3.05) is 12.3 Å². The van der Waals surface area contributed by atoms with Crippen LogP contribution < -0.4 is 5.32 Å². The van der Waals surface area contributed by atoms with Crippen LogP contribution in [0.2, 0.25) is 0 Å². The van der Waals surface area contributed by atoms with Crippen molar-refractivity contribution in [3.8, 4) is 0 Å². The van der Waals surface area contributed by atoms with Gasteiger partial charge in [-0.2, -0.15) is 0 Å². The molecule has 0 aliphatic carbocycles. The highest BCUT2D eigenvalue weighted by molar-refractivity contribution is 7.85. The molecule has 1 aliphatic rings. The Bertz CT molecular complexity index is 456. The van der Waals surface area contributed by atoms with Crippen LogP contribution >= 0.6 is 0 Å². The summed E-state index contributed by atoms with van der Waals surface area (Å²) < 4.78 is 12.3. The second kappa shape index (κ2) is 6.67. The molecule has 0 aromatic heterocycles. The third-order valence-corrected chi connectivity index (χ3v) is 5.31. The van der Waals surface area contributed by atoms with Gasteiger partial charge in [0, 0.05) is 16.7 Å². The molecule has 2 nitrogen and oxygen atoms in total. The lowest BCUT2D eigenvalue weighted by Crippen LogP contribution is -2.22. The van der Waals surface area contributed by atoms with Gasteiger partial charge in [0.05, 0.1) is 10.8 Å². The molecule has 2 rings (SSSR count). The summed E-state index contributed by atoms with van der Waals surface area (Å²) in [4.78, 5) is 1.05. The summed E-state index contributed by atoms with van der Waals surface area (Å²) in [5.41, 5.74) is 2.62. The van der Waals surface area contributed by atoms with Gasteiger partial charge in [-0.25, -0.2) is 0 Å². The Hall–Kier alpha value is -0.670. The summed E-state index contributed by atoms with van der Waals surface area (Å²) >= 11 is 0. The first-order valence-corrected chi connectivity index (χ1v) is 8.71. The number of rotatable bonds is 4. The first-order chi connectivity index (χ1) is 9.13. The second-order valence-corrected chi connectivity index (χ2v) is 7.19. The fourth-order valence-corrected chi connectivity index (χ4v) is 3.95. The maximum Gasteiger partial charge on any atom is 0.0532 e. The molecule has 2 unspecified atom stereocenters. The first kappa shape index (κ1) is 14.7. The summed E-state index contributed by atoms with van der Waals surface area (Å²) in [5, 5.41) is 3.62. The molecule has 2 atom stereocenters. The summed E-state index contributed by atoms with van der Waals surface area (Å²) in [5.74, 6) is 1.33. The van der Waals surface area contributed by atoms with E-state index in [4.69, 9.17) is 0 Å². The highest BCUT2D eigenvalue weighted by Crippen LogP contribution is 2.31. The molecular formula is C16H25NOS. The topological polar surface area (TPSA) is 29.1 Å². The Morgan fingerprint density at radius 1 is 1.42 bits per heavy atom. The standard InChI is InChI=1S/C16H25NOS/c1-4-9-17-15-6-5-10-19(18)16-8-7-13(12(2)3)11-14(15)16/h7-8,11-12,15,17H,4-6,9-10H2,1-3H3. The van der Waals surface area contributed by atoms with Gasteiger partial charge in [0.25, 0.3) is 0 Å². The van der Waals surface area contributed by atoms with Crippen LogP contribution in [-0.2, 0) is 10.8 Å². The maximum absolute atomic E-state index is 12.3. The van der Waals surface area contributed by atoms with E-state index in [2.05, 4.69) is 44.3 Å². The summed E-state index contributed by atoms with van der Waals surface area (Å²) in [6, 6.07) is 6.88. The van der Waals surface area contributed by atoms with Crippen molar-refractivity contribution in [3.63, 3.8) is 0 Å². The molecule has 0 radical (unpaired) electrons. The van der Waals surface area contributed by atoms with Gasteiger partial charge < -0.3 is 5.32 Å². The molecule has 1 N–H and O–H groups in total. The van der Waals surface area contributed by atoms with Crippen LogP contribution in [0.25, 0.3) is 0 Å². The molecule has 0 fully saturated rings. The highest BCUT2D eigenvalue weighted by atomic mass is 32.2. The predicted octanol–water partition coefficient (Wildman–Crippen LogP) is 3.75. The minimum Gasteiger partial charge on any atom is -0.310 e. The maximum atomic E-state index is 12.3. The van der Waals surface area contributed by atoms with E-state index in [1.807, 2.05) is 0 Å². The van der Waals surface area contributed by atoms with Crippen LogP contribution in [0.3, 0.4) is 0 Å². The van der Waals surface area contributed by atoms with E-state index < -0.39 is 10.8 Å². The van der Waals surface area contributed by atoms with Crippen molar-refractivity contribution >= 4 is 10.8 Å². The van der Waals surface area contributed by atoms with Crippen LogP contribution in [-0.4, -0.2) is 16.5 Å². The molecule has 1 heterocycles. The van der Waals surface area contributed by atoms with Crippen LogP contribution in [0.1, 0.15) is 63.1 Å². The lowest BCUT2D eigenvalue weighted by atomic mass is 9.95. The van der Waals surface area contributed by atoms with Crippen molar-refractivity contribution in [1.82, 2.24) is 5.32 Å². The fourth-order valence-electron chi connectivity index (χ4n) is 2.62. The lowest BCUT2D eigenvalue weighted by Gasteiger charge is -2.20. The normalized spacial score (nSPS) is 23.2. The van der Waals surface area contributed by atoms with E-state index in [9.17, 15) is 4.21 Å². The van der Waals surface area contributed by atoms with Gasteiger partial charge in [-0.3, -0.25) is 4.21 Å². The Labute approximate surface area is 119 Å². The molecule has 0 amide bonds. The van der Waals surface area contributed by atoms with E-state index in [-0.39, 0.29) is 0 Å². The van der Waals surface area contributed by atoms with Crippen LogP contribution in [0, 0.1) is 0 Å². The molecule has 0 saturated heterocycles. The smallest absolute Gasteiger partial charge is 0.0532 e. The van der Waals surface area contributed by atoms with Crippen LogP contribution in [0.4, 0.5) is 0 Å². The Morgan fingerprint density at radius 3 is 2.89 bits per heavy atom. The van der Waals surface area contributed by atoms with Gasteiger partial charge in [-0.1, -0.05) is 32.9 Å². The molecule has 0 bridgehead atoms. The summed E-state index contributed by atoms with van der Waals surface area (Å²) in [6.45, 7) is 7.64. The van der Waals surface area contributed by atoms with Crippen molar-refractivity contribution in [1.29, 1.82) is 0 Å². The van der Waals surface area contributed by atoms with Gasteiger partial charge in [-0.15, -0.1) is 0 Å². The van der Waals surface area contributed by atoms with Crippen molar-refractivity contribution in [2.45, 2.75) is 56.9 Å². The van der Waals surface area contributed by atoms with Crippen LogP contribution in [0.5, 0.6) is 0 Å². The van der Waals surface area contributed by atoms with E-state index in [0.717, 1.165) is 36.5 Å². The Morgan fingerprint density at radius 2 is 2.21 bits per heavy atom. The third-order valence-electron chi connectivity index (χ3n) is 3.78. The Kier molecular flexibility index (Phi) is 5.17. The molecule has 19 heavy (non-hydrogen) atoms. The number of nitrogens with one attached hydrogen (secondary N) is 1. The lowest BCUT2D eigenvalue weighted by molar-refractivity contribution is 0.492. The molecular weight excluding hydrogens is 254 g/mol. The molecule has 3 heteroatoms. The molecule has 1 aromatic carbocycles. The molecule has 0 saturated carbocycles. The monoisotopic (exact) mass is 279 g/mol. The van der Waals surface area contributed by atoms with Crippen LogP contribution in [0.15, 0.2) is 23.1 Å². The Balaban J connectivity index is 2.38. The van der Waals surface area contributed by atoms with E-state index >= 15 is 0 Å². The van der Waals surface area contributed by atoms with Gasteiger partial charge in [0.1, 0.15) is 0 Å². The minimum absolute atomic E-state index is 0.375. The zero-order chi connectivity index (χ0) is 13.8. The average Bonchev–Trinajstić information content (AvgIpc) is 2.56. The van der Waals surface area contributed by atoms with Gasteiger partial charge >= 0.3 is 0 Å². The minimum atomic E-state index is -0.820. The molecule has 1 aromatic rings.